The van der Waals surface area contributed by atoms with Crippen molar-refractivity contribution >= 4 is 27.8 Å². The van der Waals surface area contributed by atoms with Crippen molar-refractivity contribution in [2.24, 2.45) is 5.92 Å². The molecular weight excluding hydrogens is 298 g/mol. The van der Waals surface area contributed by atoms with Gasteiger partial charge in [0.05, 0.1) is 0 Å². The van der Waals surface area contributed by atoms with Crippen molar-refractivity contribution in [3.63, 3.8) is 0 Å². The van der Waals surface area contributed by atoms with Gasteiger partial charge in [0.2, 0.25) is 0 Å². The highest BCUT2D eigenvalue weighted by atomic mass is 32.1. The van der Waals surface area contributed by atoms with E-state index < -0.39 is 25.8 Å². The van der Waals surface area contributed by atoms with Gasteiger partial charge >= 0.3 is 15.2 Å². The molecule has 0 aromatic carbocycles. The van der Waals surface area contributed by atoms with E-state index in [-0.39, 0.29) is 5.92 Å². The van der Waals surface area contributed by atoms with Gasteiger partial charge < -0.3 is 19.6 Å². The highest BCUT2D eigenvalue weighted by Gasteiger charge is 2.47. The Kier molecular flexibility index (Phi) is 5.94. The molecule has 1 unspecified atom stereocenters. The summed E-state index contributed by atoms with van der Waals surface area (Å²) in [5.74, 6) is 0.252. The number of rotatable bonds is 5. The molecule has 1 aliphatic carbocycles. The van der Waals surface area contributed by atoms with Gasteiger partial charge in [-0.1, -0.05) is 32.1 Å². The fourth-order valence-corrected chi connectivity index (χ4v) is 6.58. The van der Waals surface area contributed by atoms with Crippen LogP contribution in [0.5, 0.6) is 0 Å². The predicted molar refractivity (Wildman–Crippen MR) is 71.8 cm³/mol. The smallest absolute Gasteiger partial charge is 0.324 e. The molecule has 9 heteroatoms. The van der Waals surface area contributed by atoms with Crippen LogP contribution in [0.1, 0.15) is 38.5 Å². The summed E-state index contributed by atoms with van der Waals surface area (Å²) in [4.78, 5) is 36.3. The van der Waals surface area contributed by atoms with Gasteiger partial charge in [-0.05, 0) is 12.3 Å². The average molecular weight is 318 g/mol. The topological polar surface area (TPSA) is 115 Å². The van der Waals surface area contributed by atoms with E-state index in [9.17, 15) is 9.13 Å². The van der Waals surface area contributed by atoms with E-state index in [1.54, 1.807) is 0 Å². The standard InChI is InChI=1S/C9H20O6P2S/c10-16(11,12)9(17(13,14)15)8(18)6-7-4-2-1-3-5-7/h7-9,18H,1-6H2,(H2,10,11,12)(H2,13,14,15). The Morgan fingerprint density at radius 2 is 1.44 bits per heavy atom. The summed E-state index contributed by atoms with van der Waals surface area (Å²) >= 11 is 4.04. The van der Waals surface area contributed by atoms with Gasteiger partial charge in [0.25, 0.3) is 0 Å². The van der Waals surface area contributed by atoms with E-state index >= 15 is 0 Å². The fraction of sp³-hybridized carbons (Fsp3) is 1.00. The predicted octanol–water partition coefficient (Wildman–Crippen LogP) is 1.94. The first-order valence-corrected chi connectivity index (χ1v) is 9.79. The summed E-state index contributed by atoms with van der Waals surface area (Å²) in [6, 6.07) is 0. The van der Waals surface area contributed by atoms with Crippen molar-refractivity contribution < 1.29 is 28.7 Å². The van der Waals surface area contributed by atoms with Gasteiger partial charge in [0.1, 0.15) is 0 Å². The first kappa shape index (κ1) is 16.7. The molecule has 0 heterocycles. The number of thiol groups is 1. The molecule has 0 bridgehead atoms. The molecule has 1 atom stereocenters. The molecule has 0 aromatic rings. The molecule has 1 rings (SSSR count). The Labute approximate surface area is 112 Å². The molecule has 0 saturated heterocycles. The molecule has 0 aromatic heterocycles. The molecule has 4 N–H and O–H groups in total. The molecule has 6 nitrogen and oxygen atoms in total. The maximum absolute atomic E-state index is 11.2. The Morgan fingerprint density at radius 3 is 1.83 bits per heavy atom. The molecule has 0 radical (unpaired) electrons. The van der Waals surface area contributed by atoms with Gasteiger partial charge in [-0.25, -0.2) is 0 Å². The summed E-state index contributed by atoms with van der Waals surface area (Å²) in [6.45, 7) is 0. The normalized spacial score (nSPS) is 21.2. The summed E-state index contributed by atoms with van der Waals surface area (Å²) in [6.07, 6.45) is 5.47. The molecule has 0 amide bonds. The average Bonchev–Trinajstić information content (AvgIpc) is 2.13. The molecule has 0 spiro atoms. The largest absolute Gasteiger partial charge is 0.341 e. The van der Waals surface area contributed by atoms with E-state index in [1.165, 1.54) is 0 Å². The number of hydrogen-bond donors (Lipinski definition) is 5. The van der Waals surface area contributed by atoms with Crippen LogP contribution in [-0.2, 0) is 9.13 Å². The Balaban J connectivity index is 2.74. The molecule has 108 valence electrons. The van der Waals surface area contributed by atoms with Crippen molar-refractivity contribution in [3.8, 4) is 0 Å². The number of hydrogen-bond acceptors (Lipinski definition) is 3. The lowest BCUT2D eigenvalue weighted by molar-refractivity contribution is 0.312. The van der Waals surface area contributed by atoms with Crippen LogP contribution in [0.15, 0.2) is 0 Å². The second-order valence-corrected chi connectivity index (χ2v) is 9.44. The van der Waals surface area contributed by atoms with Crippen molar-refractivity contribution in [2.45, 2.75) is 49.2 Å². The third kappa shape index (κ3) is 4.97. The maximum Gasteiger partial charge on any atom is 0.341 e. The van der Waals surface area contributed by atoms with E-state index in [1.807, 2.05) is 0 Å². The van der Waals surface area contributed by atoms with Gasteiger partial charge in [-0.3, -0.25) is 9.13 Å². The zero-order valence-corrected chi connectivity index (χ0v) is 12.6. The van der Waals surface area contributed by atoms with Gasteiger partial charge in [0.15, 0.2) is 5.40 Å². The molecule has 1 aliphatic rings. The quantitative estimate of drug-likeness (QED) is 0.391. The van der Waals surface area contributed by atoms with Gasteiger partial charge in [0, 0.05) is 5.25 Å². The third-order valence-electron chi connectivity index (χ3n) is 3.33. The van der Waals surface area contributed by atoms with Crippen LogP contribution in [0.4, 0.5) is 0 Å². The van der Waals surface area contributed by atoms with Crippen molar-refractivity contribution in [2.75, 3.05) is 0 Å². The van der Waals surface area contributed by atoms with Crippen molar-refractivity contribution in [3.05, 3.63) is 0 Å². The minimum Gasteiger partial charge on any atom is -0.324 e. The van der Waals surface area contributed by atoms with Crippen LogP contribution in [0.25, 0.3) is 0 Å². The van der Waals surface area contributed by atoms with Crippen LogP contribution in [0.2, 0.25) is 0 Å². The minimum absolute atomic E-state index is 0.252. The molecular formula is C9H20O6P2S. The Bertz CT molecular complexity index is 336. The Hall–Kier alpha value is 0.650. The zero-order valence-electron chi connectivity index (χ0n) is 9.92. The highest BCUT2D eigenvalue weighted by molar-refractivity contribution is 7.83. The first-order valence-electron chi connectivity index (χ1n) is 5.91. The maximum atomic E-state index is 11.2. The molecule has 18 heavy (non-hydrogen) atoms. The lowest BCUT2D eigenvalue weighted by atomic mass is 9.86. The molecule has 1 fully saturated rings. The summed E-state index contributed by atoms with van der Waals surface area (Å²) in [5.41, 5.74) is 0. The minimum atomic E-state index is -4.86. The second-order valence-electron chi connectivity index (χ2n) is 4.90. The zero-order chi connectivity index (χ0) is 14.0. The van der Waals surface area contributed by atoms with Crippen LogP contribution in [0.3, 0.4) is 0 Å². The SMILES string of the molecule is O=P(O)(O)C(C(S)CC1CCCCC1)P(=O)(O)O. The van der Waals surface area contributed by atoms with Crippen molar-refractivity contribution in [1.82, 2.24) is 0 Å². The van der Waals surface area contributed by atoms with E-state index in [4.69, 9.17) is 19.6 Å². The van der Waals surface area contributed by atoms with Crippen molar-refractivity contribution in [1.29, 1.82) is 0 Å². The van der Waals surface area contributed by atoms with E-state index in [0.717, 1.165) is 32.1 Å². The van der Waals surface area contributed by atoms with Gasteiger partial charge in [-0.2, -0.15) is 12.6 Å². The van der Waals surface area contributed by atoms with Crippen LogP contribution >= 0.6 is 27.8 Å². The summed E-state index contributed by atoms with van der Waals surface area (Å²) < 4.78 is 22.4. The van der Waals surface area contributed by atoms with Crippen LogP contribution < -0.4 is 0 Å². The first-order chi connectivity index (χ1) is 8.12. The monoisotopic (exact) mass is 318 g/mol. The lowest BCUT2D eigenvalue weighted by Gasteiger charge is -2.29. The Morgan fingerprint density at radius 1 is 1.00 bits per heavy atom. The fourth-order valence-electron chi connectivity index (χ4n) is 2.53. The van der Waals surface area contributed by atoms with Crippen LogP contribution in [0, 0.1) is 5.92 Å². The summed E-state index contributed by atoms with van der Waals surface area (Å²) in [7, 11) is -9.72. The van der Waals surface area contributed by atoms with E-state index in [0.29, 0.717) is 6.42 Å². The lowest BCUT2D eigenvalue weighted by Crippen LogP contribution is -2.25. The van der Waals surface area contributed by atoms with Gasteiger partial charge in [-0.15, -0.1) is 0 Å². The third-order valence-corrected chi connectivity index (χ3v) is 8.22. The highest BCUT2D eigenvalue weighted by Crippen LogP contribution is 2.63. The second kappa shape index (κ2) is 6.40. The van der Waals surface area contributed by atoms with E-state index in [2.05, 4.69) is 12.6 Å². The summed E-state index contributed by atoms with van der Waals surface area (Å²) in [5, 5.41) is -2.97. The molecule has 1 saturated carbocycles. The van der Waals surface area contributed by atoms with Crippen LogP contribution in [-0.4, -0.2) is 30.2 Å². The molecule has 0 aliphatic heterocycles.